The number of aryl methyl sites for hydroxylation is 2. The minimum Gasteiger partial charge on any atom is -0.324 e. The van der Waals surface area contributed by atoms with E-state index in [0.717, 1.165) is 11.1 Å². The molecule has 0 saturated carbocycles. The van der Waals surface area contributed by atoms with Gasteiger partial charge >= 0.3 is 5.69 Å². The van der Waals surface area contributed by atoms with Crippen molar-refractivity contribution in [1.82, 2.24) is 9.13 Å². The Morgan fingerprint density at radius 3 is 2.39 bits per heavy atom. The number of anilines is 1. The second kappa shape index (κ2) is 9.28. The molecule has 0 radical (unpaired) electrons. The number of para-hydroxylation sites is 2. The van der Waals surface area contributed by atoms with Crippen molar-refractivity contribution >= 4 is 22.5 Å². The zero-order valence-corrected chi connectivity index (χ0v) is 19.0. The van der Waals surface area contributed by atoms with Gasteiger partial charge in [0.25, 0.3) is 5.56 Å². The fourth-order valence-corrected chi connectivity index (χ4v) is 4.26. The molecule has 4 rings (SSSR count). The molecule has 1 aromatic heterocycles. The Hall–Kier alpha value is -3.93. The van der Waals surface area contributed by atoms with Gasteiger partial charge in [-0.1, -0.05) is 56.3 Å². The number of carbonyl (C=O) groups is 1. The second-order valence-corrected chi connectivity index (χ2v) is 8.08. The number of amides is 1. The first kappa shape index (κ1) is 22.3. The lowest BCUT2D eigenvalue weighted by molar-refractivity contribution is -0.119. The number of benzene rings is 3. The molecule has 0 fully saturated rings. The van der Waals surface area contributed by atoms with Crippen LogP contribution in [0.25, 0.3) is 16.6 Å². The SMILES string of the molecule is CCc1ccccc1-n1c(=O)c2ccccc2n(C(CC)C(=O)Nc2cccc(C)c2)c1=O. The summed E-state index contributed by atoms with van der Waals surface area (Å²) in [5, 5.41) is 3.33. The number of fused-ring (bicyclic) bond motifs is 1. The minimum absolute atomic E-state index is 0.302. The van der Waals surface area contributed by atoms with Gasteiger partial charge in [0.15, 0.2) is 0 Å². The summed E-state index contributed by atoms with van der Waals surface area (Å²) in [7, 11) is 0. The first-order chi connectivity index (χ1) is 16.0. The summed E-state index contributed by atoms with van der Waals surface area (Å²) in [6.07, 6.45) is 1.05. The molecule has 33 heavy (non-hydrogen) atoms. The number of aromatic nitrogens is 2. The van der Waals surface area contributed by atoms with Crippen molar-refractivity contribution in [1.29, 1.82) is 0 Å². The molecule has 3 aromatic carbocycles. The van der Waals surface area contributed by atoms with E-state index in [-0.39, 0.29) is 11.5 Å². The summed E-state index contributed by atoms with van der Waals surface area (Å²) >= 11 is 0. The second-order valence-electron chi connectivity index (χ2n) is 8.08. The lowest BCUT2D eigenvalue weighted by atomic mass is 10.1. The van der Waals surface area contributed by atoms with Gasteiger partial charge in [0.2, 0.25) is 5.91 Å². The molecule has 168 valence electrons. The lowest BCUT2D eigenvalue weighted by Gasteiger charge is -2.22. The molecule has 1 N–H and O–H groups in total. The predicted molar refractivity (Wildman–Crippen MR) is 132 cm³/mol. The Bertz CT molecular complexity index is 1450. The van der Waals surface area contributed by atoms with E-state index >= 15 is 0 Å². The summed E-state index contributed by atoms with van der Waals surface area (Å²) in [5.41, 5.74) is 2.66. The highest BCUT2D eigenvalue weighted by molar-refractivity contribution is 5.95. The van der Waals surface area contributed by atoms with E-state index in [1.807, 2.05) is 63.2 Å². The predicted octanol–water partition coefficient (Wildman–Crippen LogP) is 4.61. The Labute approximate surface area is 192 Å². The highest BCUT2D eigenvalue weighted by atomic mass is 16.2. The van der Waals surface area contributed by atoms with Gasteiger partial charge in [0.05, 0.1) is 16.6 Å². The van der Waals surface area contributed by atoms with E-state index < -0.39 is 11.7 Å². The molecule has 6 nitrogen and oxygen atoms in total. The van der Waals surface area contributed by atoms with Gasteiger partial charge in [-0.3, -0.25) is 14.2 Å². The van der Waals surface area contributed by atoms with Crippen LogP contribution in [0.4, 0.5) is 5.69 Å². The highest BCUT2D eigenvalue weighted by Gasteiger charge is 2.25. The standard InChI is InChI=1S/C27H27N3O3/c1-4-19-12-6-8-15-23(19)30-26(32)21-14-7-9-16-24(21)29(27(30)33)22(5-2)25(31)28-20-13-10-11-18(3)17-20/h6-17,22H,4-5H2,1-3H3,(H,28,31). The summed E-state index contributed by atoms with van der Waals surface area (Å²) in [6.45, 7) is 5.79. The number of hydrogen-bond donors (Lipinski definition) is 1. The summed E-state index contributed by atoms with van der Waals surface area (Å²) in [6, 6.07) is 21.1. The van der Waals surface area contributed by atoms with Crippen molar-refractivity contribution in [3.05, 3.63) is 105 Å². The van der Waals surface area contributed by atoms with Gasteiger partial charge in [-0.25, -0.2) is 9.36 Å². The summed E-state index contributed by atoms with van der Waals surface area (Å²) in [5.74, 6) is -0.302. The normalized spacial score (nSPS) is 12.0. The molecule has 0 aliphatic carbocycles. The van der Waals surface area contributed by atoms with Crippen LogP contribution < -0.4 is 16.6 Å². The smallest absolute Gasteiger partial charge is 0.324 e. The zero-order valence-electron chi connectivity index (χ0n) is 19.0. The first-order valence-electron chi connectivity index (χ1n) is 11.2. The van der Waals surface area contributed by atoms with Crippen LogP contribution in [0.2, 0.25) is 0 Å². The molecule has 1 unspecified atom stereocenters. The van der Waals surface area contributed by atoms with Crippen molar-refractivity contribution in [3.8, 4) is 5.69 Å². The maximum Gasteiger partial charge on any atom is 0.336 e. The van der Waals surface area contributed by atoms with Gasteiger partial charge in [0.1, 0.15) is 6.04 Å². The Balaban J connectivity index is 1.95. The Morgan fingerprint density at radius 2 is 1.67 bits per heavy atom. The number of nitrogens with zero attached hydrogens (tertiary/aromatic N) is 2. The third kappa shape index (κ3) is 4.12. The molecule has 0 saturated heterocycles. The number of nitrogens with one attached hydrogen (secondary N) is 1. The minimum atomic E-state index is -0.788. The molecule has 4 aromatic rings. The summed E-state index contributed by atoms with van der Waals surface area (Å²) in [4.78, 5) is 40.6. The highest BCUT2D eigenvalue weighted by Crippen LogP contribution is 2.21. The number of rotatable bonds is 6. The molecule has 6 heteroatoms. The van der Waals surface area contributed by atoms with Crippen LogP contribution in [0.3, 0.4) is 0 Å². The number of carbonyl (C=O) groups excluding carboxylic acids is 1. The molecule has 0 aliphatic heterocycles. The van der Waals surface area contributed by atoms with Gasteiger partial charge < -0.3 is 5.32 Å². The molecule has 1 atom stereocenters. The van der Waals surface area contributed by atoms with Crippen molar-refractivity contribution in [3.63, 3.8) is 0 Å². The zero-order chi connectivity index (χ0) is 23.5. The average molecular weight is 442 g/mol. The van der Waals surface area contributed by atoms with Crippen molar-refractivity contribution < 1.29 is 4.79 Å². The maximum absolute atomic E-state index is 13.8. The molecular weight excluding hydrogens is 414 g/mol. The van der Waals surface area contributed by atoms with E-state index in [4.69, 9.17) is 0 Å². The van der Waals surface area contributed by atoms with Crippen molar-refractivity contribution in [2.24, 2.45) is 0 Å². The molecule has 0 aliphatic rings. The van der Waals surface area contributed by atoms with Crippen LogP contribution in [-0.4, -0.2) is 15.0 Å². The Kier molecular flexibility index (Phi) is 6.27. The molecular formula is C27H27N3O3. The summed E-state index contributed by atoms with van der Waals surface area (Å²) < 4.78 is 2.65. The van der Waals surface area contributed by atoms with E-state index in [9.17, 15) is 14.4 Å². The van der Waals surface area contributed by atoms with Crippen LogP contribution >= 0.6 is 0 Å². The van der Waals surface area contributed by atoms with E-state index in [1.165, 1.54) is 9.13 Å². The maximum atomic E-state index is 13.8. The van der Waals surface area contributed by atoms with E-state index in [2.05, 4.69) is 5.32 Å². The average Bonchev–Trinajstić information content (AvgIpc) is 2.82. The van der Waals surface area contributed by atoms with Gasteiger partial charge in [-0.05, 0) is 61.2 Å². The quantitative estimate of drug-likeness (QED) is 0.475. The topological polar surface area (TPSA) is 73.1 Å². The number of hydrogen-bond acceptors (Lipinski definition) is 3. The van der Waals surface area contributed by atoms with Crippen LogP contribution in [0.1, 0.15) is 37.4 Å². The van der Waals surface area contributed by atoms with Crippen LogP contribution in [0.15, 0.2) is 82.4 Å². The van der Waals surface area contributed by atoms with E-state index in [0.29, 0.717) is 35.1 Å². The molecule has 0 bridgehead atoms. The largest absolute Gasteiger partial charge is 0.336 e. The first-order valence-corrected chi connectivity index (χ1v) is 11.2. The monoisotopic (exact) mass is 441 g/mol. The molecule has 1 heterocycles. The van der Waals surface area contributed by atoms with Gasteiger partial charge in [-0.15, -0.1) is 0 Å². The van der Waals surface area contributed by atoms with Crippen LogP contribution in [0, 0.1) is 6.92 Å². The molecule has 1 amide bonds. The third-order valence-electron chi connectivity index (χ3n) is 5.89. The van der Waals surface area contributed by atoms with Gasteiger partial charge in [0, 0.05) is 5.69 Å². The fraction of sp³-hybridized carbons (Fsp3) is 0.222. The van der Waals surface area contributed by atoms with Crippen LogP contribution in [0.5, 0.6) is 0 Å². The van der Waals surface area contributed by atoms with Crippen LogP contribution in [-0.2, 0) is 11.2 Å². The Morgan fingerprint density at radius 1 is 0.939 bits per heavy atom. The fourth-order valence-electron chi connectivity index (χ4n) is 4.26. The third-order valence-corrected chi connectivity index (χ3v) is 5.89. The van der Waals surface area contributed by atoms with Crippen molar-refractivity contribution in [2.75, 3.05) is 5.32 Å². The molecule has 0 spiro atoms. The van der Waals surface area contributed by atoms with Crippen molar-refractivity contribution in [2.45, 2.75) is 39.7 Å². The lowest BCUT2D eigenvalue weighted by Crippen LogP contribution is -2.43. The van der Waals surface area contributed by atoms with E-state index in [1.54, 1.807) is 30.3 Å². The van der Waals surface area contributed by atoms with Gasteiger partial charge in [-0.2, -0.15) is 0 Å².